The Labute approximate surface area is 119 Å². The van der Waals surface area contributed by atoms with Crippen LogP contribution in [0.1, 0.15) is 19.8 Å². The number of rotatable bonds is 5. The monoisotopic (exact) mass is 307 g/mol. The van der Waals surface area contributed by atoms with Gasteiger partial charge in [0, 0.05) is 19.1 Å². The number of hydrogen-bond acceptors (Lipinski definition) is 5. The van der Waals surface area contributed by atoms with Crippen molar-refractivity contribution in [1.29, 1.82) is 0 Å². The topological polar surface area (TPSA) is 84.7 Å². The molecule has 110 valence electrons. The van der Waals surface area contributed by atoms with Crippen molar-refractivity contribution in [3.63, 3.8) is 0 Å². The van der Waals surface area contributed by atoms with Gasteiger partial charge in [0.05, 0.1) is 17.7 Å². The summed E-state index contributed by atoms with van der Waals surface area (Å²) in [5.74, 6) is 0. The Morgan fingerprint density at radius 2 is 2.37 bits per heavy atom. The maximum Gasteiger partial charge on any atom is 0.220 e. The molecule has 2 aliphatic heterocycles. The van der Waals surface area contributed by atoms with Gasteiger partial charge in [-0.1, -0.05) is 12.2 Å². The number of nitrogens with zero attached hydrogens (tertiary/aromatic N) is 1. The van der Waals surface area contributed by atoms with Crippen molar-refractivity contribution in [3.05, 3.63) is 0 Å². The first kappa shape index (κ1) is 15.1. The predicted molar refractivity (Wildman–Crippen MR) is 77.5 cm³/mol. The summed E-state index contributed by atoms with van der Waals surface area (Å²) in [4.78, 5) is 2.36. The summed E-state index contributed by atoms with van der Waals surface area (Å²) < 4.78 is 32.0. The van der Waals surface area contributed by atoms with Gasteiger partial charge >= 0.3 is 0 Å². The second kappa shape index (κ2) is 6.01. The lowest BCUT2D eigenvalue weighted by Crippen LogP contribution is -2.51. The summed E-state index contributed by atoms with van der Waals surface area (Å²) in [6, 6.07) is 0.517. The number of nitrogens with two attached hydrogens (primary N) is 1. The highest BCUT2D eigenvalue weighted by Gasteiger charge is 2.33. The quantitative estimate of drug-likeness (QED) is 0.663. The van der Waals surface area contributed by atoms with Gasteiger partial charge in [-0.3, -0.25) is 4.90 Å². The van der Waals surface area contributed by atoms with Gasteiger partial charge in [-0.2, -0.15) is 0 Å². The fourth-order valence-corrected chi connectivity index (χ4v) is 3.85. The highest BCUT2D eigenvalue weighted by atomic mass is 32.2. The minimum Gasteiger partial charge on any atom is -0.392 e. The largest absolute Gasteiger partial charge is 0.392 e. The van der Waals surface area contributed by atoms with Crippen LogP contribution in [0, 0.1) is 0 Å². The van der Waals surface area contributed by atoms with E-state index in [1.54, 1.807) is 0 Å². The minimum atomic E-state index is -3.50. The fraction of sp³-hybridized carbons (Fsp3) is 0.909. The van der Waals surface area contributed by atoms with Gasteiger partial charge in [0.15, 0.2) is 0 Å². The third kappa shape index (κ3) is 3.63. The van der Waals surface area contributed by atoms with Crippen LogP contribution >= 0.6 is 12.2 Å². The molecule has 2 heterocycles. The summed E-state index contributed by atoms with van der Waals surface area (Å²) in [6.07, 6.45) is 2.28. The average Bonchev–Trinajstić information content (AvgIpc) is 2.82. The fourth-order valence-electron chi connectivity index (χ4n) is 2.50. The molecule has 2 aliphatic rings. The molecule has 2 rings (SSSR count). The number of hydrogen-bond donors (Lipinski definition) is 2. The molecule has 0 aromatic rings. The molecule has 0 aliphatic carbocycles. The summed E-state index contributed by atoms with van der Waals surface area (Å²) in [7, 11) is -3.50. The van der Waals surface area contributed by atoms with E-state index < -0.39 is 15.3 Å². The molecule has 0 bridgehead atoms. The lowest BCUT2D eigenvalue weighted by Gasteiger charge is -2.35. The third-order valence-corrected chi connectivity index (χ3v) is 6.10. The summed E-state index contributed by atoms with van der Waals surface area (Å²) in [5.41, 5.74) is 5.37. The van der Waals surface area contributed by atoms with Crippen molar-refractivity contribution in [2.75, 3.05) is 26.2 Å². The molecule has 3 atom stereocenters. The zero-order valence-electron chi connectivity index (χ0n) is 11.0. The molecule has 0 aromatic carbocycles. The maximum absolute atomic E-state index is 11.9. The zero-order chi connectivity index (χ0) is 14.0. The number of fused-ring (bicyclic) bond motifs is 1. The van der Waals surface area contributed by atoms with Crippen LogP contribution in [0.5, 0.6) is 0 Å². The number of thiocarbonyl (C=S) groups is 1. The van der Waals surface area contributed by atoms with Crippen LogP contribution in [0.2, 0.25) is 0 Å². The first-order chi connectivity index (χ1) is 8.90. The Morgan fingerprint density at radius 1 is 1.63 bits per heavy atom. The Morgan fingerprint density at radius 3 is 3.05 bits per heavy atom. The predicted octanol–water partition coefficient (Wildman–Crippen LogP) is -0.556. The molecule has 3 N–H and O–H groups in total. The van der Waals surface area contributed by atoms with Gasteiger partial charge in [-0.15, -0.1) is 0 Å². The van der Waals surface area contributed by atoms with Gasteiger partial charge in [0.1, 0.15) is 5.25 Å². The third-order valence-electron chi connectivity index (χ3n) is 3.84. The number of nitrogens with one attached hydrogen (secondary N) is 1. The van der Waals surface area contributed by atoms with E-state index in [1.807, 2.05) is 0 Å². The second-order valence-corrected chi connectivity index (χ2v) is 7.74. The van der Waals surface area contributed by atoms with Crippen LogP contribution < -0.4 is 10.5 Å². The van der Waals surface area contributed by atoms with E-state index in [0.717, 1.165) is 13.1 Å². The number of ether oxygens (including phenoxy) is 1. The SMILES string of the molecule is CC(C(N)=S)S(=O)(=O)NCC1CN2CCCC2CO1. The van der Waals surface area contributed by atoms with E-state index in [2.05, 4.69) is 9.62 Å². The Bertz CT molecular complexity index is 440. The highest BCUT2D eigenvalue weighted by Crippen LogP contribution is 2.22. The van der Waals surface area contributed by atoms with Crippen molar-refractivity contribution in [2.24, 2.45) is 5.73 Å². The molecule has 8 heteroatoms. The van der Waals surface area contributed by atoms with Crippen LogP contribution in [-0.4, -0.2) is 61.9 Å². The number of morpholine rings is 1. The molecule has 6 nitrogen and oxygen atoms in total. The van der Waals surface area contributed by atoms with Gasteiger partial charge < -0.3 is 10.5 Å². The Hall–Kier alpha value is -0.280. The zero-order valence-corrected chi connectivity index (χ0v) is 12.7. The van der Waals surface area contributed by atoms with Crippen molar-refractivity contribution in [2.45, 2.75) is 37.2 Å². The van der Waals surface area contributed by atoms with Crippen molar-refractivity contribution in [3.8, 4) is 0 Å². The molecule has 2 saturated heterocycles. The molecule has 2 fully saturated rings. The van der Waals surface area contributed by atoms with E-state index in [0.29, 0.717) is 12.6 Å². The summed E-state index contributed by atoms with van der Waals surface area (Å²) in [5, 5.41) is -0.856. The smallest absolute Gasteiger partial charge is 0.220 e. The lowest BCUT2D eigenvalue weighted by atomic mass is 10.2. The van der Waals surface area contributed by atoms with E-state index in [9.17, 15) is 8.42 Å². The van der Waals surface area contributed by atoms with Crippen LogP contribution in [0.3, 0.4) is 0 Å². The molecule has 19 heavy (non-hydrogen) atoms. The molecule has 0 amide bonds. The summed E-state index contributed by atoms with van der Waals surface area (Å²) in [6.45, 7) is 4.33. The number of sulfonamides is 1. The second-order valence-electron chi connectivity index (χ2n) is 5.18. The molecular weight excluding hydrogens is 286 g/mol. The first-order valence-electron chi connectivity index (χ1n) is 6.53. The molecule has 0 aromatic heterocycles. The van der Waals surface area contributed by atoms with E-state index in [-0.39, 0.29) is 17.6 Å². The van der Waals surface area contributed by atoms with Gasteiger partial charge in [-0.25, -0.2) is 13.1 Å². The van der Waals surface area contributed by atoms with Crippen LogP contribution in [0.15, 0.2) is 0 Å². The van der Waals surface area contributed by atoms with Crippen molar-refractivity contribution < 1.29 is 13.2 Å². The normalized spacial score (nSPS) is 29.9. The van der Waals surface area contributed by atoms with Gasteiger partial charge in [0.25, 0.3) is 0 Å². The van der Waals surface area contributed by atoms with Crippen LogP contribution in [-0.2, 0) is 14.8 Å². The van der Waals surface area contributed by atoms with E-state index in [1.165, 1.54) is 19.8 Å². The molecule has 0 spiro atoms. The molecule has 0 radical (unpaired) electrons. The van der Waals surface area contributed by atoms with Gasteiger partial charge in [-0.05, 0) is 26.3 Å². The highest BCUT2D eigenvalue weighted by molar-refractivity contribution is 7.93. The lowest BCUT2D eigenvalue weighted by molar-refractivity contribution is -0.0449. The standard InChI is InChI=1S/C11H21N3O3S2/c1-8(11(12)18)19(15,16)13-5-10-6-14-4-2-3-9(14)7-17-10/h8-10,13H,2-7H2,1H3,(H2,12,18). The van der Waals surface area contributed by atoms with Crippen LogP contribution in [0.4, 0.5) is 0 Å². The Kier molecular flexibility index (Phi) is 4.78. The summed E-state index contributed by atoms with van der Waals surface area (Å²) >= 11 is 4.72. The van der Waals surface area contributed by atoms with E-state index in [4.69, 9.17) is 22.7 Å². The Balaban J connectivity index is 1.84. The molecular formula is C11H21N3O3S2. The van der Waals surface area contributed by atoms with Crippen LogP contribution in [0.25, 0.3) is 0 Å². The first-order valence-corrected chi connectivity index (χ1v) is 8.49. The van der Waals surface area contributed by atoms with Crippen molar-refractivity contribution >= 4 is 27.2 Å². The maximum atomic E-state index is 11.9. The van der Waals surface area contributed by atoms with Crippen molar-refractivity contribution in [1.82, 2.24) is 9.62 Å². The molecule has 3 unspecified atom stereocenters. The average molecular weight is 307 g/mol. The minimum absolute atomic E-state index is 0.0170. The van der Waals surface area contributed by atoms with E-state index >= 15 is 0 Å². The van der Waals surface area contributed by atoms with Gasteiger partial charge in [0.2, 0.25) is 10.0 Å². The molecule has 0 saturated carbocycles.